The van der Waals surface area contributed by atoms with Crippen molar-refractivity contribution < 1.29 is 19.1 Å². The summed E-state index contributed by atoms with van der Waals surface area (Å²) in [7, 11) is 0. The molecule has 1 amide bonds. The van der Waals surface area contributed by atoms with Crippen LogP contribution in [0, 0.1) is 11.7 Å². The summed E-state index contributed by atoms with van der Waals surface area (Å²) >= 11 is 0. The second-order valence-electron chi connectivity index (χ2n) is 5.89. The van der Waals surface area contributed by atoms with Crippen molar-refractivity contribution in [2.45, 2.75) is 25.8 Å². The van der Waals surface area contributed by atoms with Gasteiger partial charge in [0.15, 0.2) is 0 Å². The van der Waals surface area contributed by atoms with Crippen LogP contribution >= 0.6 is 0 Å². The number of rotatable bonds is 2. The van der Waals surface area contributed by atoms with Gasteiger partial charge in [-0.25, -0.2) is 4.39 Å². The van der Waals surface area contributed by atoms with E-state index in [9.17, 15) is 19.1 Å². The molecule has 2 atom stereocenters. The lowest BCUT2D eigenvalue weighted by Gasteiger charge is -2.37. The van der Waals surface area contributed by atoms with Crippen LogP contribution < -0.4 is 0 Å². The van der Waals surface area contributed by atoms with E-state index >= 15 is 0 Å². The number of pyridine rings is 1. The molecule has 120 valence electrons. The SMILES string of the molecule is C[C@@H]1[C@H](C(=O)O)CCCN1C(=O)c1cnc2ccc(F)cc2c1. The summed E-state index contributed by atoms with van der Waals surface area (Å²) in [5.41, 5.74) is 0.957. The number of hydrogen-bond donors (Lipinski definition) is 1. The van der Waals surface area contributed by atoms with Gasteiger partial charge in [0.1, 0.15) is 5.82 Å². The Morgan fingerprint density at radius 3 is 2.87 bits per heavy atom. The second kappa shape index (κ2) is 5.95. The van der Waals surface area contributed by atoms with Crippen molar-refractivity contribution in [3.05, 3.63) is 41.8 Å². The van der Waals surface area contributed by atoms with Gasteiger partial charge in [0.25, 0.3) is 5.91 Å². The van der Waals surface area contributed by atoms with Crippen LogP contribution in [0.3, 0.4) is 0 Å². The molecular weight excluding hydrogens is 299 g/mol. The molecule has 1 aliphatic rings. The molecule has 1 aromatic heterocycles. The first kappa shape index (κ1) is 15.4. The van der Waals surface area contributed by atoms with Crippen LogP contribution in [0.25, 0.3) is 10.9 Å². The lowest BCUT2D eigenvalue weighted by Crippen LogP contribution is -2.49. The molecule has 2 heterocycles. The minimum Gasteiger partial charge on any atom is -0.481 e. The van der Waals surface area contributed by atoms with Gasteiger partial charge in [-0.1, -0.05) is 0 Å². The first-order valence-corrected chi connectivity index (χ1v) is 7.56. The average Bonchev–Trinajstić information content (AvgIpc) is 2.53. The third kappa shape index (κ3) is 2.88. The maximum absolute atomic E-state index is 13.3. The van der Waals surface area contributed by atoms with Crippen LogP contribution in [0.5, 0.6) is 0 Å². The minimum atomic E-state index is -0.881. The maximum Gasteiger partial charge on any atom is 0.308 e. The molecule has 1 saturated heterocycles. The van der Waals surface area contributed by atoms with Crippen LogP contribution in [0.2, 0.25) is 0 Å². The van der Waals surface area contributed by atoms with E-state index in [0.717, 1.165) is 0 Å². The van der Waals surface area contributed by atoms with Crippen molar-refractivity contribution in [2.75, 3.05) is 6.54 Å². The van der Waals surface area contributed by atoms with Gasteiger partial charge in [0.2, 0.25) is 0 Å². The third-order valence-electron chi connectivity index (χ3n) is 4.46. The summed E-state index contributed by atoms with van der Waals surface area (Å²) in [6.45, 7) is 2.27. The number of halogens is 1. The van der Waals surface area contributed by atoms with E-state index in [2.05, 4.69) is 4.98 Å². The zero-order chi connectivity index (χ0) is 16.6. The first-order valence-electron chi connectivity index (χ1n) is 7.56. The van der Waals surface area contributed by atoms with Crippen LogP contribution in [-0.4, -0.2) is 39.5 Å². The number of piperidine rings is 1. The highest BCUT2D eigenvalue weighted by Gasteiger charge is 2.35. The molecule has 2 aromatic rings. The Kier molecular flexibility index (Phi) is 3.98. The number of hydrogen-bond acceptors (Lipinski definition) is 3. The molecule has 1 N–H and O–H groups in total. The number of aliphatic carboxylic acids is 1. The van der Waals surface area contributed by atoms with Crippen molar-refractivity contribution in [3.8, 4) is 0 Å². The van der Waals surface area contributed by atoms with E-state index in [0.29, 0.717) is 35.9 Å². The molecule has 5 nitrogen and oxygen atoms in total. The Labute approximate surface area is 132 Å². The van der Waals surface area contributed by atoms with Crippen LogP contribution in [0.15, 0.2) is 30.5 Å². The molecule has 0 unspecified atom stereocenters. The van der Waals surface area contributed by atoms with Crippen LogP contribution in [0.4, 0.5) is 4.39 Å². The topological polar surface area (TPSA) is 70.5 Å². The van der Waals surface area contributed by atoms with Crippen LogP contribution in [-0.2, 0) is 4.79 Å². The second-order valence-corrected chi connectivity index (χ2v) is 5.89. The third-order valence-corrected chi connectivity index (χ3v) is 4.46. The zero-order valence-electron chi connectivity index (χ0n) is 12.7. The number of carbonyl (C=O) groups excluding carboxylic acids is 1. The molecule has 0 radical (unpaired) electrons. The molecule has 1 aromatic carbocycles. The molecule has 1 aliphatic heterocycles. The largest absolute Gasteiger partial charge is 0.481 e. The number of fused-ring (bicyclic) bond motifs is 1. The van der Waals surface area contributed by atoms with Gasteiger partial charge in [0, 0.05) is 24.2 Å². The van der Waals surface area contributed by atoms with Gasteiger partial charge in [-0.2, -0.15) is 0 Å². The average molecular weight is 316 g/mol. The first-order chi connectivity index (χ1) is 11.0. The van der Waals surface area contributed by atoms with E-state index in [1.807, 2.05) is 0 Å². The molecular formula is C17H17FN2O3. The number of carboxylic acids is 1. The molecule has 1 fully saturated rings. The molecule has 3 rings (SSSR count). The quantitative estimate of drug-likeness (QED) is 0.925. The normalized spacial score (nSPS) is 21.4. The molecule has 0 saturated carbocycles. The lowest BCUT2D eigenvalue weighted by molar-refractivity contribution is -0.144. The summed E-state index contributed by atoms with van der Waals surface area (Å²) in [4.78, 5) is 29.8. The van der Waals surface area contributed by atoms with E-state index in [4.69, 9.17) is 0 Å². The van der Waals surface area contributed by atoms with Gasteiger partial charge in [-0.15, -0.1) is 0 Å². The van der Waals surface area contributed by atoms with Crippen molar-refractivity contribution in [3.63, 3.8) is 0 Å². The molecule has 0 bridgehead atoms. The van der Waals surface area contributed by atoms with E-state index in [-0.39, 0.29) is 17.8 Å². The van der Waals surface area contributed by atoms with Crippen LogP contribution in [0.1, 0.15) is 30.1 Å². The van der Waals surface area contributed by atoms with Gasteiger partial charge >= 0.3 is 5.97 Å². The molecule has 23 heavy (non-hydrogen) atoms. The Bertz CT molecular complexity index is 778. The highest BCUT2D eigenvalue weighted by molar-refractivity contribution is 5.97. The van der Waals surface area contributed by atoms with Crippen molar-refractivity contribution in [1.29, 1.82) is 0 Å². The fourth-order valence-corrected chi connectivity index (χ4v) is 3.15. The predicted molar refractivity (Wildman–Crippen MR) is 82.6 cm³/mol. The van der Waals surface area contributed by atoms with E-state index in [1.165, 1.54) is 18.3 Å². The summed E-state index contributed by atoms with van der Waals surface area (Å²) < 4.78 is 13.3. The van der Waals surface area contributed by atoms with Gasteiger partial charge in [0.05, 0.1) is 17.0 Å². The smallest absolute Gasteiger partial charge is 0.308 e. The van der Waals surface area contributed by atoms with Crippen molar-refractivity contribution >= 4 is 22.8 Å². The summed E-state index contributed by atoms with van der Waals surface area (Å²) in [5.74, 6) is -2.09. The number of amides is 1. The Morgan fingerprint density at radius 1 is 1.35 bits per heavy atom. The summed E-state index contributed by atoms with van der Waals surface area (Å²) in [6.07, 6.45) is 2.68. The Balaban J connectivity index is 1.91. The summed E-state index contributed by atoms with van der Waals surface area (Å²) in [6, 6.07) is 5.44. The zero-order valence-corrected chi connectivity index (χ0v) is 12.7. The predicted octanol–water partition coefficient (Wildman–Crippen LogP) is 2.70. The Hall–Kier alpha value is -2.50. The minimum absolute atomic E-state index is 0.262. The monoisotopic (exact) mass is 316 g/mol. The lowest BCUT2D eigenvalue weighted by atomic mass is 9.90. The molecule has 0 aliphatic carbocycles. The molecule has 0 spiro atoms. The van der Waals surface area contributed by atoms with Gasteiger partial charge in [-0.3, -0.25) is 14.6 Å². The Morgan fingerprint density at radius 2 is 2.13 bits per heavy atom. The van der Waals surface area contributed by atoms with Gasteiger partial charge in [-0.05, 0) is 44.0 Å². The number of carboxylic acid groups (broad SMARTS) is 1. The number of benzene rings is 1. The molecule has 6 heteroatoms. The highest BCUT2D eigenvalue weighted by atomic mass is 19.1. The van der Waals surface area contributed by atoms with Crippen molar-refractivity contribution in [1.82, 2.24) is 9.88 Å². The maximum atomic E-state index is 13.3. The number of carbonyl (C=O) groups is 2. The number of nitrogens with zero attached hydrogens (tertiary/aromatic N) is 2. The number of aromatic nitrogens is 1. The number of likely N-dealkylation sites (tertiary alicyclic amines) is 1. The van der Waals surface area contributed by atoms with Crippen molar-refractivity contribution in [2.24, 2.45) is 5.92 Å². The summed E-state index contributed by atoms with van der Waals surface area (Å²) in [5, 5.41) is 9.81. The fourth-order valence-electron chi connectivity index (χ4n) is 3.15. The fraction of sp³-hybridized carbons (Fsp3) is 0.353. The van der Waals surface area contributed by atoms with E-state index < -0.39 is 11.9 Å². The van der Waals surface area contributed by atoms with Gasteiger partial charge < -0.3 is 10.0 Å². The van der Waals surface area contributed by atoms with E-state index in [1.54, 1.807) is 24.0 Å². The highest BCUT2D eigenvalue weighted by Crippen LogP contribution is 2.26. The standard InChI is InChI=1S/C17H17FN2O3/c1-10-14(17(22)23)3-2-6-20(10)16(21)12-7-11-8-13(18)4-5-15(11)19-9-12/h4-5,7-10,14H,2-3,6H2,1H3,(H,22,23)/t10-,14-/m1/s1.